The third-order valence-electron chi connectivity index (χ3n) is 7.71. The molecule has 218 valence electrons. The molecule has 6 rings (SSSR count). The molecule has 1 saturated heterocycles. The van der Waals surface area contributed by atoms with Crippen molar-refractivity contribution in [3.05, 3.63) is 105 Å². The predicted molar refractivity (Wildman–Crippen MR) is 175 cm³/mol. The lowest BCUT2D eigenvalue weighted by atomic mass is 10.0. The van der Waals surface area contributed by atoms with Crippen molar-refractivity contribution < 1.29 is 14.7 Å². The van der Waals surface area contributed by atoms with Crippen LogP contribution in [0.1, 0.15) is 43.0 Å². The number of amides is 1. The molecular formula is C34H33N5O3S. The van der Waals surface area contributed by atoms with Crippen LogP contribution in [-0.4, -0.2) is 66.1 Å². The first-order chi connectivity index (χ1) is 20.8. The van der Waals surface area contributed by atoms with Gasteiger partial charge in [-0.15, -0.1) is 11.3 Å². The van der Waals surface area contributed by atoms with E-state index in [0.29, 0.717) is 27.4 Å². The van der Waals surface area contributed by atoms with Gasteiger partial charge in [-0.25, -0.2) is 0 Å². The summed E-state index contributed by atoms with van der Waals surface area (Å²) >= 11 is 1.19. The van der Waals surface area contributed by atoms with Crippen molar-refractivity contribution in [3.63, 3.8) is 0 Å². The van der Waals surface area contributed by atoms with Crippen molar-refractivity contribution >= 4 is 57.2 Å². The number of nitrogens with one attached hydrogen (secondary N) is 2. The summed E-state index contributed by atoms with van der Waals surface area (Å²) < 4.78 is 0. The second-order valence-corrected chi connectivity index (χ2v) is 12.0. The van der Waals surface area contributed by atoms with E-state index in [1.165, 1.54) is 23.9 Å². The molecule has 8 nitrogen and oxygen atoms in total. The smallest absolute Gasteiger partial charge is 0.265 e. The molecule has 3 N–H and O–H groups in total. The lowest BCUT2D eigenvalue weighted by Crippen LogP contribution is -2.44. The van der Waals surface area contributed by atoms with Gasteiger partial charge in [0, 0.05) is 54.7 Å². The molecule has 3 heterocycles. The van der Waals surface area contributed by atoms with Crippen LogP contribution in [0, 0.1) is 0 Å². The average Bonchev–Trinajstić information content (AvgIpc) is 3.62. The number of aromatic nitrogens is 1. The summed E-state index contributed by atoms with van der Waals surface area (Å²) in [5, 5.41) is 14.5. The van der Waals surface area contributed by atoms with Crippen molar-refractivity contribution in [1.29, 1.82) is 0 Å². The summed E-state index contributed by atoms with van der Waals surface area (Å²) in [5.41, 5.74) is 6.27. The maximum Gasteiger partial charge on any atom is 0.265 e. The van der Waals surface area contributed by atoms with E-state index in [9.17, 15) is 14.7 Å². The molecule has 0 atom stereocenters. The first-order valence-corrected chi connectivity index (χ1v) is 15.1. The molecule has 0 spiro atoms. The summed E-state index contributed by atoms with van der Waals surface area (Å²) in [6, 6.07) is 25.3. The van der Waals surface area contributed by atoms with E-state index >= 15 is 0 Å². The Balaban J connectivity index is 1.16. The molecule has 0 saturated carbocycles. The molecule has 3 aromatic carbocycles. The molecule has 2 aromatic heterocycles. The first-order valence-electron chi connectivity index (χ1n) is 14.2. The number of aromatic hydroxyl groups is 1. The van der Waals surface area contributed by atoms with E-state index in [4.69, 9.17) is 0 Å². The fourth-order valence-electron chi connectivity index (χ4n) is 5.28. The highest BCUT2D eigenvalue weighted by Crippen LogP contribution is 2.29. The number of aliphatic imine (C=N–C) groups is 1. The van der Waals surface area contributed by atoms with Gasteiger partial charge in [-0.05, 0) is 92.2 Å². The number of carbonyl (C=O) groups is 2. The molecule has 5 aromatic rings. The number of Topliss-reactive ketones (excluding diaryl/α,β-unsaturated/α-hetero) is 1. The molecule has 1 aliphatic rings. The molecule has 1 fully saturated rings. The monoisotopic (exact) mass is 591 g/mol. The second kappa shape index (κ2) is 12.2. The maximum absolute atomic E-state index is 12.7. The van der Waals surface area contributed by atoms with Gasteiger partial charge in [0.2, 0.25) is 0 Å². The number of rotatable bonds is 8. The molecule has 0 aliphatic carbocycles. The van der Waals surface area contributed by atoms with Crippen molar-refractivity contribution in [2.24, 2.45) is 4.99 Å². The number of anilines is 2. The topological polar surface area (TPSA) is 101 Å². The van der Waals surface area contributed by atoms with E-state index in [-0.39, 0.29) is 17.6 Å². The van der Waals surface area contributed by atoms with Crippen molar-refractivity contribution in [3.8, 4) is 5.88 Å². The number of hydrogen-bond acceptors (Lipinski definition) is 7. The van der Waals surface area contributed by atoms with E-state index < -0.39 is 0 Å². The third kappa shape index (κ3) is 6.53. The van der Waals surface area contributed by atoms with E-state index in [1.54, 1.807) is 18.3 Å². The largest absolute Gasteiger partial charge is 0.494 e. The van der Waals surface area contributed by atoms with E-state index in [2.05, 4.69) is 50.3 Å². The van der Waals surface area contributed by atoms with Crippen molar-refractivity contribution in [1.82, 2.24) is 9.88 Å². The molecule has 9 heteroatoms. The van der Waals surface area contributed by atoms with E-state index in [1.807, 2.05) is 48.5 Å². The van der Waals surface area contributed by atoms with Crippen molar-refractivity contribution in [2.45, 2.75) is 13.3 Å². The van der Waals surface area contributed by atoms with Gasteiger partial charge in [0.25, 0.3) is 5.91 Å². The number of carbonyl (C=O) groups excluding carboxylic acids is 2. The fraction of sp³-hybridized carbons (Fsp3) is 0.206. The number of aromatic amines is 1. The van der Waals surface area contributed by atoms with Gasteiger partial charge in [-0.1, -0.05) is 18.2 Å². The number of benzene rings is 3. The molecule has 1 amide bonds. The Morgan fingerprint density at radius 1 is 0.953 bits per heavy atom. The number of nitrogens with zero attached hydrogens (tertiary/aromatic N) is 3. The number of likely N-dealkylation sites (N-methyl/N-ethyl adjacent to an activating group) is 1. The summed E-state index contributed by atoms with van der Waals surface area (Å²) in [6.07, 6.45) is 2.35. The Labute approximate surface area is 254 Å². The van der Waals surface area contributed by atoms with Crippen LogP contribution < -0.4 is 10.2 Å². The van der Waals surface area contributed by atoms with Gasteiger partial charge >= 0.3 is 0 Å². The first kappa shape index (κ1) is 28.4. The number of piperazine rings is 1. The minimum Gasteiger partial charge on any atom is -0.494 e. The summed E-state index contributed by atoms with van der Waals surface area (Å²) in [7, 11) is 2.15. The minimum absolute atomic E-state index is 0.0523. The van der Waals surface area contributed by atoms with Crippen LogP contribution >= 0.6 is 11.3 Å². The highest BCUT2D eigenvalue weighted by molar-refractivity contribution is 7.16. The van der Waals surface area contributed by atoms with Crippen LogP contribution in [0.15, 0.2) is 83.9 Å². The maximum atomic E-state index is 12.7. The van der Waals surface area contributed by atoms with Gasteiger partial charge in [0.05, 0.1) is 21.0 Å². The van der Waals surface area contributed by atoms with Gasteiger partial charge < -0.3 is 25.2 Å². The SMILES string of the molecule is CC(=O)c1ccc(C(=O)Nc2cccc(Cc3ccc4[nH]c(O)c(C=Nc5ccc(N6CCN(C)CC6)cc5)c4c3)c2)s1. The Hall–Kier alpha value is -4.73. The zero-order valence-corrected chi connectivity index (χ0v) is 24.9. The zero-order chi connectivity index (χ0) is 29.9. The Morgan fingerprint density at radius 2 is 1.70 bits per heavy atom. The van der Waals surface area contributed by atoms with Gasteiger partial charge in [0.1, 0.15) is 0 Å². The summed E-state index contributed by atoms with van der Waals surface area (Å²) in [5.74, 6) is -0.212. The number of H-pyrrole nitrogens is 1. The van der Waals surface area contributed by atoms with Crippen LogP contribution in [0.5, 0.6) is 5.88 Å². The molecule has 0 radical (unpaired) electrons. The number of thiophene rings is 1. The Kier molecular flexibility index (Phi) is 8.09. The van der Waals surface area contributed by atoms with Gasteiger partial charge in [-0.2, -0.15) is 0 Å². The number of fused-ring (bicyclic) bond motifs is 1. The summed E-state index contributed by atoms with van der Waals surface area (Å²) in [4.78, 5) is 37.8. The molecule has 1 aliphatic heterocycles. The van der Waals surface area contributed by atoms with Gasteiger partial charge in [-0.3, -0.25) is 14.6 Å². The quantitative estimate of drug-likeness (QED) is 0.142. The second-order valence-electron chi connectivity index (χ2n) is 10.9. The third-order valence-corrected chi connectivity index (χ3v) is 8.90. The lowest BCUT2D eigenvalue weighted by molar-refractivity contribution is 0.101. The van der Waals surface area contributed by atoms with Gasteiger partial charge in [0.15, 0.2) is 11.7 Å². The van der Waals surface area contributed by atoms with Crippen LogP contribution in [-0.2, 0) is 6.42 Å². The highest BCUT2D eigenvalue weighted by atomic mass is 32.1. The Morgan fingerprint density at radius 3 is 2.44 bits per heavy atom. The highest BCUT2D eigenvalue weighted by Gasteiger charge is 2.15. The number of ketones is 1. The van der Waals surface area contributed by atoms with Crippen LogP contribution in [0.4, 0.5) is 17.1 Å². The van der Waals surface area contributed by atoms with Crippen molar-refractivity contribution in [2.75, 3.05) is 43.4 Å². The minimum atomic E-state index is -0.239. The Bertz CT molecular complexity index is 1810. The van der Waals surface area contributed by atoms with Crippen LogP contribution in [0.2, 0.25) is 0 Å². The molecular weight excluding hydrogens is 558 g/mol. The normalized spacial score (nSPS) is 14.0. The molecule has 0 unspecified atom stereocenters. The number of hydrogen-bond donors (Lipinski definition) is 3. The average molecular weight is 592 g/mol. The molecule has 43 heavy (non-hydrogen) atoms. The molecule has 0 bridgehead atoms. The fourth-order valence-corrected chi connectivity index (χ4v) is 6.07. The zero-order valence-electron chi connectivity index (χ0n) is 24.1. The predicted octanol–water partition coefficient (Wildman–Crippen LogP) is 6.48. The van der Waals surface area contributed by atoms with Crippen LogP contribution in [0.25, 0.3) is 10.9 Å². The van der Waals surface area contributed by atoms with E-state index in [0.717, 1.165) is 53.9 Å². The standard InChI is InChI=1S/C34H33N5O3S/c1-22(40)31-12-13-32(43-31)34(42)36-26-5-3-4-23(19-26)18-24-6-11-30-28(20-24)29(33(41)37-30)21-35-25-7-9-27(10-8-25)39-16-14-38(2)15-17-39/h3-13,19-21,37,41H,14-18H2,1-2H3,(H,36,42). The van der Waals surface area contributed by atoms with Crippen LogP contribution in [0.3, 0.4) is 0 Å². The lowest BCUT2D eigenvalue weighted by Gasteiger charge is -2.34. The summed E-state index contributed by atoms with van der Waals surface area (Å²) in [6.45, 7) is 5.64.